The topological polar surface area (TPSA) is 78.5 Å². The van der Waals surface area contributed by atoms with Crippen LogP contribution >= 0.6 is 11.8 Å². The summed E-state index contributed by atoms with van der Waals surface area (Å²) in [6.07, 6.45) is 20.1. The number of ether oxygens (including phenoxy) is 1. The van der Waals surface area contributed by atoms with E-state index in [-0.39, 0.29) is 35.0 Å². The summed E-state index contributed by atoms with van der Waals surface area (Å²) in [4.78, 5) is 20.2. The zero-order chi connectivity index (χ0) is 27.5. The van der Waals surface area contributed by atoms with Crippen molar-refractivity contribution in [1.82, 2.24) is 25.8 Å². The standard InChI is InChI=1S/C31H40FN5O2S/c1-31(13-11-21(19-34-31)20-37-15-5-3-2-4-6-16-37)28-18-25-29(40-28)27(12-14-33-25)39-26-10-9-23(17-24(26)32)36-30(38)35-22-7-8-22/h9-14,19,22,24,28,34H,2-8,15-18,20H2,1H3,(H2,35,36,38). The Labute approximate surface area is 240 Å². The predicted octanol–water partition coefficient (Wildman–Crippen LogP) is 5.52. The Hall–Kier alpha value is -2.78. The average Bonchev–Trinajstić information content (AvgIpc) is 3.61. The summed E-state index contributed by atoms with van der Waals surface area (Å²) in [6, 6.07) is 1.80. The number of amides is 2. The molecule has 1 saturated carbocycles. The SMILES string of the molecule is CC1(C2Cc3nccc(OC4=CC=C(NC(=O)NC5CC5)CC4F)c3S2)C=CC(CN2CCCCCCC2)=CN1. The summed E-state index contributed by atoms with van der Waals surface area (Å²) in [7, 11) is 0. The number of nitrogens with one attached hydrogen (secondary N) is 3. The van der Waals surface area contributed by atoms with Crippen molar-refractivity contribution in [2.75, 3.05) is 19.6 Å². The third kappa shape index (κ3) is 6.57. The zero-order valence-corrected chi connectivity index (χ0v) is 24.1. The van der Waals surface area contributed by atoms with Crippen molar-refractivity contribution in [2.45, 2.75) is 92.6 Å². The van der Waals surface area contributed by atoms with Crippen LogP contribution in [-0.4, -0.2) is 58.6 Å². The highest BCUT2D eigenvalue weighted by Crippen LogP contribution is 2.47. The smallest absolute Gasteiger partial charge is 0.319 e. The summed E-state index contributed by atoms with van der Waals surface area (Å²) < 4.78 is 21.2. The molecule has 3 aliphatic heterocycles. The molecule has 0 spiro atoms. The number of dihydropyridines is 1. The molecule has 1 aromatic rings. The molecule has 214 valence electrons. The number of thioether (sulfide) groups is 1. The van der Waals surface area contributed by atoms with Crippen LogP contribution < -0.4 is 20.7 Å². The Bertz CT molecular complexity index is 1230. The monoisotopic (exact) mass is 565 g/mol. The van der Waals surface area contributed by atoms with E-state index in [9.17, 15) is 4.79 Å². The number of halogens is 1. The number of fused-ring (bicyclic) bond motifs is 1. The largest absolute Gasteiger partial charge is 0.457 e. The average molecular weight is 566 g/mol. The number of aromatic nitrogens is 1. The fourth-order valence-corrected chi connectivity index (χ4v) is 7.15. The number of nitrogens with zero attached hydrogens (tertiary/aromatic N) is 2. The minimum Gasteiger partial charge on any atom is -0.457 e. The van der Waals surface area contributed by atoms with Crippen molar-refractivity contribution in [3.63, 3.8) is 0 Å². The number of rotatable bonds is 7. The van der Waals surface area contributed by atoms with E-state index in [1.807, 2.05) is 6.07 Å². The maximum absolute atomic E-state index is 15.1. The van der Waals surface area contributed by atoms with E-state index in [1.165, 1.54) is 50.8 Å². The first-order valence-corrected chi connectivity index (χ1v) is 15.7. The van der Waals surface area contributed by atoms with Crippen LogP contribution in [0.4, 0.5) is 9.18 Å². The van der Waals surface area contributed by atoms with E-state index in [4.69, 9.17) is 4.74 Å². The molecule has 7 nitrogen and oxygen atoms in total. The van der Waals surface area contributed by atoms with Crippen LogP contribution in [0.2, 0.25) is 0 Å². The van der Waals surface area contributed by atoms with Gasteiger partial charge in [-0.3, -0.25) is 9.88 Å². The third-order valence-corrected chi connectivity index (χ3v) is 10.0. The minimum absolute atomic E-state index is 0.0752. The second kappa shape index (κ2) is 12.0. The van der Waals surface area contributed by atoms with Crippen LogP contribution in [0.25, 0.3) is 0 Å². The fraction of sp³-hybridized carbons (Fsp3) is 0.548. The fourth-order valence-electron chi connectivity index (χ4n) is 5.73. The Balaban J connectivity index is 1.07. The van der Waals surface area contributed by atoms with Gasteiger partial charge >= 0.3 is 6.03 Å². The molecule has 3 N–H and O–H groups in total. The molecule has 0 radical (unpaired) electrons. The minimum atomic E-state index is -1.33. The number of carbonyl (C=O) groups excluding carboxylic acids is 1. The van der Waals surface area contributed by atoms with Crippen LogP contribution in [-0.2, 0) is 6.42 Å². The highest BCUT2D eigenvalue weighted by atomic mass is 32.2. The Kier molecular flexibility index (Phi) is 8.21. The van der Waals surface area contributed by atoms with E-state index < -0.39 is 6.17 Å². The molecule has 0 bridgehead atoms. The van der Waals surface area contributed by atoms with Crippen molar-refractivity contribution in [2.24, 2.45) is 0 Å². The van der Waals surface area contributed by atoms with Gasteiger partial charge < -0.3 is 20.7 Å². The number of alkyl halides is 1. The van der Waals surface area contributed by atoms with Gasteiger partial charge in [0.05, 0.1) is 16.1 Å². The number of urea groups is 1. The first kappa shape index (κ1) is 27.4. The lowest BCUT2D eigenvalue weighted by atomic mass is 9.90. The molecule has 5 aliphatic rings. The second-order valence-electron chi connectivity index (χ2n) is 11.8. The van der Waals surface area contributed by atoms with Gasteiger partial charge in [-0.1, -0.05) is 31.4 Å². The lowest BCUT2D eigenvalue weighted by Crippen LogP contribution is -2.48. The number of allylic oxidation sites excluding steroid dienone is 4. The molecule has 1 aromatic heterocycles. The molecular formula is C31H40FN5O2S. The van der Waals surface area contributed by atoms with E-state index in [2.05, 4.69) is 51.1 Å². The first-order valence-electron chi connectivity index (χ1n) is 14.8. The number of hydrogen-bond donors (Lipinski definition) is 3. The molecule has 1 saturated heterocycles. The van der Waals surface area contributed by atoms with Crippen molar-refractivity contribution in [3.8, 4) is 5.75 Å². The normalized spacial score (nSPS) is 28.7. The van der Waals surface area contributed by atoms with Crippen LogP contribution in [0.3, 0.4) is 0 Å². The highest BCUT2D eigenvalue weighted by Gasteiger charge is 2.40. The maximum atomic E-state index is 15.1. The molecule has 2 fully saturated rings. The van der Waals surface area contributed by atoms with Crippen molar-refractivity contribution in [3.05, 3.63) is 65.5 Å². The van der Waals surface area contributed by atoms with Gasteiger partial charge in [-0.15, -0.1) is 11.8 Å². The van der Waals surface area contributed by atoms with Crippen LogP contribution in [0.5, 0.6) is 5.75 Å². The van der Waals surface area contributed by atoms with E-state index >= 15 is 4.39 Å². The first-order chi connectivity index (χ1) is 19.4. The maximum Gasteiger partial charge on any atom is 0.319 e. The second-order valence-corrected chi connectivity index (χ2v) is 13.0. The molecule has 0 aromatic carbocycles. The highest BCUT2D eigenvalue weighted by molar-refractivity contribution is 8.00. The molecule has 4 heterocycles. The van der Waals surface area contributed by atoms with Crippen LogP contribution in [0.15, 0.2) is 64.7 Å². The number of carbonyl (C=O) groups is 1. The van der Waals surface area contributed by atoms with E-state index in [1.54, 1.807) is 30.1 Å². The van der Waals surface area contributed by atoms with Gasteiger partial charge in [-0.25, -0.2) is 9.18 Å². The summed E-state index contributed by atoms with van der Waals surface area (Å²) in [5.41, 5.74) is 2.64. The van der Waals surface area contributed by atoms with Crippen molar-refractivity contribution >= 4 is 17.8 Å². The lowest BCUT2D eigenvalue weighted by molar-refractivity contribution is 0.238. The molecule has 2 aliphatic carbocycles. The number of pyridine rings is 1. The molecule has 2 amide bonds. The molecular weight excluding hydrogens is 525 g/mol. The van der Waals surface area contributed by atoms with Gasteiger partial charge in [0.1, 0.15) is 11.5 Å². The third-order valence-electron chi connectivity index (χ3n) is 8.39. The van der Waals surface area contributed by atoms with Gasteiger partial charge in [-0.2, -0.15) is 0 Å². The van der Waals surface area contributed by atoms with Gasteiger partial charge in [0.15, 0.2) is 6.17 Å². The lowest BCUT2D eigenvalue weighted by Gasteiger charge is -2.36. The Morgan fingerprint density at radius 2 is 2.00 bits per heavy atom. The van der Waals surface area contributed by atoms with Gasteiger partial charge in [0.25, 0.3) is 0 Å². The van der Waals surface area contributed by atoms with Crippen molar-refractivity contribution in [1.29, 1.82) is 0 Å². The molecule has 3 unspecified atom stereocenters. The van der Waals surface area contributed by atoms with Gasteiger partial charge in [0.2, 0.25) is 0 Å². The summed E-state index contributed by atoms with van der Waals surface area (Å²) in [5.74, 6) is 0.892. The Morgan fingerprint density at radius 3 is 2.73 bits per heavy atom. The molecule has 40 heavy (non-hydrogen) atoms. The van der Waals surface area contributed by atoms with Crippen molar-refractivity contribution < 1.29 is 13.9 Å². The van der Waals surface area contributed by atoms with Crippen LogP contribution in [0, 0.1) is 0 Å². The zero-order valence-electron chi connectivity index (χ0n) is 23.3. The quantitative estimate of drug-likeness (QED) is 0.404. The number of hydrogen-bond acceptors (Lipinski definition) is 6. The summed E-state index contributed by atoms with van der Waals surface area (Å²) in [6.45, 7) is 5.60. The number of likely N-dealkylation sites (tertiary alicyclic amines) is 1. The van der Waals surface area contributed by atoms with Gasteiger partial charge in [-0.05, 0) is 63.4 Å². The summed E-state index contributed by atoms with van der Waals surface area (Å²) >= 11 is 1.75. The van der Waals surface area contributed by atoms with E-state index in [0.29, 0.717) is 11.4 Å². The molecule has 3 atom stereocenters. The van der Waals surface area contributed by atoms with Crippen LogP contribution in [0.1, 0.15) is 64.0 Å². The van der Waals surface area contributed by atoms with E-state index in [0.717, 1.165) is 36.4 Å². The Morgan fingerprint density at radius 1 is 1.20 bits per heavy atom. The van der Waals surface area contributed by atoms with Gasteiger partial charge in [0, 0.05) is 54.8 Å². The molecule has 9 heteroatoms. The summed E-state index contributed by atoms with van der Waals surface area (Å²) in [5, 5.41) is 9.56. The predicted molar refractivity (Wildman–Crippen MR) is 157 cm³/mol. The molecule has 6 rings (SSSR count).